The summed E-state index contributed by atoms with van der Waals surface area (Å²) in [5, 5.41) is 12.9. The molecule has 1 aromatic carbocycles. The number of carbonyl (C=O) groups excluding carboxylic acids is 1. The molecule has 4 nitrogen and oxygen atoms in total. The molecule has 2 N–H and O–H groups in total. The number of likely N-dealkylation sites (N-methyl/N-ethyl adjacent to an activating group) is 1. The zero-order valence-electron chi connectivity index (χ0n) is 10.4. The molecule has 0 aliphatic heterocycles. The lowest BCUT2D eigenvalue weighted by Crippen LogP contribution is -2.33. The first-order chi connectivity index (χ1) is 8.16. The van der Waals surface area contributed by atoms with E-state index in [0.29, 0.717) is 12.1 Å². The van der Waals surface area contributed by atoms with Gasteiger partial charge in [0.25, 0.3) is 5.91 Å². The molecule has 1 unspecified atom stereocenters. The highest BCUT2D eigenvalue weighted by atomic mass is 16.3. The second kappa shape index (κ2) is 7.04. The van der Waals surface area contributed by atoms with Gasteiger partial charge in [0.1, 0.15) is 0 Å². The predicted molar refractivity (Wildman–Crippen MR) is 67.6 cm³/mol. The van der Waals surface area contributed by atoms with Gasteiger partial charge in [0.15, 0.2) is 6.10 Å². The summed E-state index contributed by atoms with van der Waals surface area (Å²) in [7, 11) is 3.59. The average molecular weight is 236 g/mol. The summed E-state index contributed by atoms with van der Waals surface area (Å²) in [6, 6.07) is 8.99. The summed E-state index contributed by atoms with van der Waals surface area (Å²) in [4.78, 5) is 13.5. The van der Waals surface area contributed by atoms with Crippen molar-refractivity contribution in [2.45, 2.75) is 12.5 Å². The Hall–Kier alpha value is -1.39. The summed E-state index contributed by atoms with van der Waals surface area (Å²) < 4.78 is 0. The van der Waals surface area contributed by atoms with Crippen LogP contribution in [0.3, 0.4) is 0 Å². The van der Waals surface area contributed by atoms with Crippen molar-refractivity contribution in [3.05, 3.63) is 35.9 Å². The summed E-state index contributed by atoms with van der Waals surface area (Å²) in [5.74, 6) is -0.257. The van der Waals surface area contributed by atoms with Gasteiger partial charge in [-0.2, -0.15) is 0 Å². The molecule has 0 saturated heterocycles. The smallest absolute Gasteiger partial charge is 0.255 e. The lowest BCUT2D eigenvalue weighted by Gasteiger charge is -2.20. The zero-order valence-corrected chi connectivity index (χ0v) is 10.4. The van der Waals surface area contributed by atoms with Crippen LogP contribution < -0.4 is 5.32 Å². The van der Waals surface area contributed by atoms with E-state index in [9.17, 15) is 9.90 Å². The number of hydrogen-bond acceptors (Lipinski definition) is 3. The van der Waals surface area contributed by atoms with Crippen LogP contribution in [0.4, 0.5) is 0 Å². The fraction of sp³-hybridized carbons (Fsp3) is 0.462. The molecular formula is C13H20N2O2. The van der Waals surface area contributed by atoms with Crippen LogP contribution in [0.25, 0.3) is 0 Å². The summed E-state index contributed by atoms with van der Waals surface area (Å²) >= 11 is 0. The molecule has 1 rings (SSSR count). The van der Waals surface area contributed by atoms with E-state index in [1.54, 1.807) is 24.1 Å². The highest BCUT2D eigenvalue weighted by Crippen LogP contribution is 2.14. The third kappa shape index (κ3) is 4.17. The second-order valence-corrected chi connectivity index (χ2v) is 4.03. The van der Waals surface area contributed by atoms with Crippen molar-refractivity contribution < 1.29 is 9.90 Å². The standard InChI is InChI=1S/C13H20N2O2/c1-14-9-6-10-15(2)13(17)12(16)11-7-4-3-5-8-11/h3-5,7-8,12,14,16H,6,9-10H2,1-2H3. The number of rotatable bonds is 6. The molecule has 0 heterocycles. The number of aliphatic hydroxyl groups is 1. The van der Waals surface area contributed by atoms with Gasteiger partial charge in [0, 0.05) is 13.6 Å². The summed E-state index contributed by atoms with van der Waals surface area (Å²) in [6.45, 7) is 1.50. The summed E-state index contributed by atoms with van der Waals surface area (Å²) in [6.07, 6.45) is -0.184. The van der Waals surface area contributed by atoms with Crippen LogP contribution in [-0.2, 0) is 4.79 Å². The number of carbonyl (C=O) groups is 1. The van der Waals surface area contributed by atoms with Gasteiger partial charge in [-0.25, -0.2) is 0 Å². The SMILES string of the molecule is CNCCCN(C)C(=O)C(O)c1ccccc1. The Morgan fingerprint density at radius 1 is 1.41 bits per heavy atom. The molecule has 17 heavy (non-hydrogen) atoms. The molecule has 0 aliphatic carbocycles. The van der Waals surface area contributed by atoms with Crippen molar-refractivity contribution in [2.24, 2.45) is 0 Å². The van der Waals surface area contributed by atoms with Crippen LogP contribution in [0.2, 0.25) is 0 Å². The lowest BCUT2D eigenvalue weighted by atomic mass is 10.1. The number of amides is 1. The minimum Gasteiger partial charge on any atom is -0.378 e. The maximum atomic E-state index is 11.9. The predicted octanol–water partition coefficient (Wildman–Crippen LogP) is 0.788. The number of nitrogens with one attached hydrogen (secondary N) is 1. The maximum absolute atomic E-state index is 11.9. The van der Waals surface area contributed by atoms with Gasteiger partial charge in [-0.3, -0.25) is 4.79 Å². The van der Waals surface area contributed by atoms with E-state index in [1.807, 2.05) is 25.2 Å². The van der Waals surface area contributed by atoms with Crippen LogP contribution in [0.15, 0.2) is 30.3 Å². The molecule has 4 heteroatoms. The molecule has 0 radical (unpaired) electrons. The van der Waals surface area contributed by atoms with E-state index in [0.717, 1.165) is 13.0 Å². The van der Waals surface area contributed by atoms with Gasteiger partial charge in [-0.15, -0.1) is 0 Å². The van der Waals surface area contributed by atoms with E-state index < -0.39 is 6.10 Å². The van der Waals surface area contributed by atoms with Crippen LogP contribution in [0.5, 0.6) is 0 Å². The number of nitrogens with zero attached hydrogens (tertiary/aromatic N) is 1. The zero-order chi connectivity index (χ0) is 12.7. The Morgan fingerprint density at radius 2 is 2.06 bits per heavy atom. The number of aliphatic hydroxyl groups excluding tert-OH is 1. The van der Waals surface area contributed by atoms with E-state index in [1.165, 1.54) is 0 Å². The average Bonchev–Trinajstić information content (AvgIpc) is 2.38. The topological polar surface area (TPSA) is 52.6 Å². The first kappa shape index (κ1) is 13.7. The second-order valence-electron chi connectivity index (χ2n) is 4.03. The molecule has 1 atom stereocenters. The lowest BCUT2D eigenvalue weighted by molar-refractivity contribution is -0.139. The van der Waals surface area contributed by atoms with Crippen LogP contribution in [0.1, 0.15) is 18.1 Å². The first-order valence-electron chi connectivity index (χ1n) is 5.79. The first-order valence-corrected chi connectivity index (χ1v) is 5.79. The molecule has 0 spiro atoms. The molecule has 1 aromatic rings. The van der Waals surface area contributed by atoms with E-state index in [-0.39, 0.29) is 5.91 Å². The van der Waals surface area contributed by atoms with Crippen molar-refractivity contribution in [3.8, 4) is 0 Å². The van der Waals surface area contributed by atoms with Gasteiger partial charge in [-0.05, 0) is 25.6 Å². The van der Waals surface area contributed by atoms with Crippen LogP contribution >= 0.6 is 0 Å². The van der Waals surface area contributed by atoms with Crippen molar-refractivity contribution in [2.75, 3.05) is 27.2 Å². The molecule has 0 fully saturated rings. The fourth-order valence-electron chi connectivity index (χ4n) is 1.59. The Balaban J connectivity index is 2.51. The minimum atomic E-state index is -1.06. The van der Waals surface area contributed by atoms with Gasteiger partial charge < -0.3 is 15.3 Å². The van der Waals surface area contributed by atoms with E-state index in [2.05, 4.69) is 5.32 Å². The Morgan fingerprint density at radius 3 is 2.65 bits per heavy atom. The van der Waals surface area contributed by atoms with Crippen molar-refractivity contribution in [1.29, 1.82) is 0 Å². The fourth-order valence-corrected chi connectivity index (χ4v) is 1.59. The number of hydrogen-bond donors (Lipinski definition) is 2. The Kier molecular flexibility index (Phi) is 5.66. The van der Waals surface area contributed by atoms with Crippen LogP contribution in [0, 0.1) is 0 Å². The van der Waals surface area contributed by atoms with Gasteiger partial charge in [0.05, 0.1) is 0 Å². The normalized spacial score (nSPS) is 12.2. The number of benzene rings is 1. The third-order valence-corrected chi connectivity index (χ3v) is 2.65. The third-order valence-electron chi connectivity index (χ3n) is 2.65. The van der Waals surface area contributed by atoms with Crippen molar-refractivity contribution in [3.63, 3.8) is 0 Å². The quantitative estimate of drug-likeness (QED) is 0.718. The maximum Gasteiger partial charge on any atom is 0.255 e. The largest absolute Gasteiger partial charge is 0.378 e. The minimum absolute atomic E-state index is 0.257. The Bertz CT molecular complexity index is 341. The molecule has 0 bridgehead atoms. The molecular weight excluding hydrogens is 216 g/mol. The van der Waals surface area contributed by atoms with Gasteiger partial charge in [0.2, 0.25) is 0 Å². The summed E-state index contributed by atoms with van der Waals surface area (Å²) in [5.41, 5.74) is 0.637. The molecule has 0 aromatic heterocycles. The molecule has 94 valence electrons. The molecule has 0 saturated carbocycles. The van der Waals surface area contributed by atoms with Gasteiger partial charge in [-0.1, -0.05) is 30.3 Å². The van der Waals surface area contributed by atoms with E-state index >= 15 is 0 Å². The van der Waals surface area contributed by atoms with Crippen molar-refractivity contribution in [1.82, 2.24) is 10.2 Å². The monoisotopic (exact) mass is 236 g/mol. The van der Waals surface area contributed by atoms with Crippen LogP contribution in [-0.4, -0.2) is 43.1 Å². The van der Waals surface area contributed by atoms with Crippen molar-refractivity contribution >= 4 is 5.91 Å². The van der Waals surface area contributed by atoms with E-state index in [4.69, 9.17) is 0 Å². The highest BCUT2D eigenvalue weighted by Gasteiger charge is 2.20. The molecule has 0 aliphatic rings. The Labute approximate surface area is 102 Å². The molecule has 1 amide bonds. The highest BCUT2D eigenvalue weighted by molar-refractivity contribution is 5.81. The van der Waals surface area contributed by atoms with Gasteiger partial charge >= 0.3 is 0 Å².